The molecule has 2 aliphatic heterocycles. The van der Waals surface area contributed by atoms with E-state index in [1.165, 1.54) is 39.3 Å². The number of aliphatic hydroxyl groups excluding tert-OH is 6. The predicted molar refractivity (Wildman–Crippen MR) is 150 cm³/mol. The Morgan fingerprint density at radius 2 is 1.47 bits per heavy atom. The molecule has 1 aromatic heterocycles. The largest absolute Gasteiger partial charge is 0.507 e. The maximum absolute atomic E-state index is 13.0. The molecule has 0 unspecified atom stereocenters. The number of fused-ring (bicyclic) bond motifs is 1. The number of rotatable bonds is 8. The molecule has 8 N–H and O–H groups in total. The van der Waals surface area contributed by atoms with Crippen LogP contribution in [0.15, 0.2) is 39.5 Å². The highest BCUT2D eigenvalue weighted by Gasteiger charge is 2.51. The van der Waals surface area contributed by atoms with Crippen LogP contribution in [-0.4, -0.2) is 123 Å². The van der Waals surface area contributed by atoms with Gasteiger partial charge in [0.05, 0.1) is 26.9 Å². The van der Waals surface area contributed by atoms with Crippen LogP contribution in [0.3, 0.4) is 0 Å². The van der Waals surface area contributed by atoms with Crippen LogP contribution in [0, 0.1) is 0 Å². The Hall–Kier alpha value is -3.71. The zero-order chi connectivity index (χ0) is 32.7. The maximum atomic E-state index is 13.0. The molecule has 2 fully saturated rings. The molecular weight excluding hydrogens is 604 g/mol. The molecule has 2 aromatic carbocycles. The summed E-state index contributed by atoms with van der Waals surface area (Å²) < 4.78 is 38.9. The summed E-state index contributed by atoms with van der Waals surface area (Å²) in [7, 11) is 2.65. The first-order valence-corrected chi connectivity index (χ1v) is 13.8. The average Bonchev–Trinajstić information content (AvgIpc) is 3.01. The van der Waals surface area contributed by atoms with Crippen LogP contribution in [0.5, 0.6) is 28.7 Å². The van der Waals surface area contributed by atoms with Gasteiger partial charge in [-0.25, -0.2) is 0 Å². The molecule has 45 heavy (non-hydrogen) atoms. The lowest BCUT2D eigenvalue weighted by atomic mass is 9.97. The second-order valence-electron chi connectivity index (χ2n) is 10.6. The van der Waals surface area contributed by atoms with Crippen LogP contribution in [-0.2, 0) is 14.2 Å². The van der Waals surface area contributed by atoms with Gasteiger partial charge in [-0.05, 0) is 19.1 Å². The number of hydrogen-bond donors (Lipinski definition) is 8. The molecule has 5 rings (SSSR count). The van der Waals surface area contributed by atoms with E-state index in [1.807, 2.05) is 0 Å². The van der Waals surface area contributed by atoms with Crippen LogP contribution in [0.4, 0.5) is 0 Å². The van der Waals surface area contributed by atoms with E-state index in [-0.39, 0.29) is 45.3 Å². The van der Waals surface area contributed by atoms with Crippen LogP contribution in [0.2, 0.25) is 0 Å². The molecule has 10 atom stereocenters. The third-order valence-electron chi connectivity index (χ3n) is 7.72. The highest BCUT2D eigenvalue weighted by molar-refractivity contribution is 5.86. The van der Waals surface area contributed by atoms with Crippen molar-refractivity contribution >= 4 is 11.0 Å². The monoisotopic (exact) mass is 638 g/mol. The minimum atomic E-state index is -1.78. The summed E-state index contributed by atoms with van der Waals surface area (Å²) in [4.78, 5) is 13.0. The Morgan fingerprint density at radius 1 is 0.800 bits per heavy atom. The minimum absolute atomic E-state index is 0.00738. The molecule has 3 aromatic rings. The first-order valence-electron chi connectivity index (χ1n) is 13.8. The number of phenolic OH excluding ortho intramolecular Hbond substituents is 2. The zero-order valence-electron chi connectivity index (χ0n) is 24.2. The van der Waals surface area contributed by atoms with Gasteiger partial charge in [0.15, 0.2) is 29.3 Å². The maximum Gasteiger partial charge on any atom is 0.229 e. The van der Waals surface area contributed by atoms with Gasteiger partial charge >= 0.3 is 0 Å². The fourth-order valence-corrected chi connectivity index (χ4v) is 5.20. The lowest BCUT2D eigenvalue weighted by molar-refractivity contribution is -0.354. The van der Waals surface area contributed by atoms with Crippen LogP contribution in [0.25, 0.3) is 22.3 Å². The highest BCUT2D eigenvalue weighted by atomic mass is 16.8. The summed E-state index contributed by atoms with van der Waals surface area (Å²) in [5.74, 6) is -0.912. The molecule has 0 saturated carbocycles. The summed E-state index contributed by atoms with van der Waals surface area (Å²) >= 11 is 0. The van der Waals surface area contributed by atoms with E-state index >= 15 is 0 Å². The Labute approximate surface area is 254 Å². The van der Waals surface area contributed by atoms with Crippen LogP contribution >= 0.6 is 0 Å². The number of aromatic hydroxyl groups is 2. The van der Waals surface area contributed by atoms with Gasteiger partial charge in [0.1, 0.15) is 64.9 Å². The standard InChI is InChI=1S/C29H34O16/c1-10-21(33)24(36)26(38)28(41-10)45-27-25(37)23(35)19(9-30)44-29(27)42-12-6-13(31)20-14(32)8-15(43-16(20)7-12)11-4-17(39-2)22(34)18(5-11)40-3/h4-8,10,19,21,23-31,33-38H,9H2,1-3H3/t10-,19-,21-,23+,24-,25-,26+,27+,28-,29+/m0/s1. The number of ether oxygens (including phenoxy) is 6. The number of methoxy groups -OCH3 is 2. The van der Waals surface area contributed by atoms with Gasteiger partial charge in [-0.3, -0.25) is 4.79 Å². The fraction of sp³-hybridized carbons (Fsp3) is 0.483. The van der Waals surface area contributed by atoms with Crippen LogP contribution in [0.1, 0.15) is 6.92 Å². The van der Waals surface area contributed by atoms with Gasteiger partial charge in [-0.15, -0.1) is 0 Å². The summed E-state index contributed by atoms with van der Waals surface area (Å²) in [6.07, 6.45) is -15.6. The van der Waals surface area contributed by atoms with Crippen molar-refractivity contribution < 1.29 is 73.7 Å². The third kappa shape index (κ3) is 6.11. The van der Waals surface area contributed by atoms with E-state index in [2.05, 4.69) is 0 Å². The Morgan fingerprint density at radius 3 is 2.09 bits per heavy atom. The molecule has 0 bridgehead atoms. The molecular formula is C29H34O16. The second-order valence-corrected chi connectivity index (χ2v) is 10.6. The van der Waals surface area contributed by atoms with Crippen molar-refractivity contribution in [2.24, 2.45) is 0 Å². The highest BCUT2D eigenvalue weighted by Crippen LogP contribution is 2.41. The molecule has 246 valence electrons. The molecule has 0 spiro atoms. The topological polar surface area (TPSA) is 247 Å². The van der Waals surface area contributed by atoms with E-state index in [0.29, 0.717) is 0 Å². The first-order chi connectivity index (χ1) is 21.4. The lowest BCUT2D eigenvalue weighted by Crippen LogP contribution is -2.64. The number of benzene rings is 2. The van der Waals surface area contributed by atoms with Crippen molar-refractivity contribution in [3.8, 4) is 40.1 Å². The number of hydrogen-bond acceptors (Lipinski definition) is 16. The van der Waals surface area contributed by atoms with Crippen LogP contribution < -0.4 is 19.6 Å². The van der Waals surface area contributed by atoms with Crippen molar-refractivity contribution in [3.63, 3.8) is 0 Å². The normalized spacial score (nSPS) is 31.9. The van der Waals surface area contributed by atoms with Gasteiger partial charge in [0, 0.05) is 23.8 Å². The average molecular weight is 639 g/mol. The molecule has 16 heteroatoms. The van der Waals surface area contributed by atoms with Crippen molar-refractivity contribution in [1.82, 2.24) is 0 Å². The van der Waals surface area contributed by atoms with Gasteiger partial charge in [-0.1, -0.05) is 0 Å². The predicted octanol–water partition coefficient (Wildman–Crippen LogP) is -1.08. The summed E-state index contributed by atoms with van der Waals surface area (Å²) in [6.45, 7) is 0.675. The van der Waals surface area contributed by atoms with E-state index < -0.39 is 79.2 Å². The zero-order valence-corrected chi connectivity index (χ0v) is 24.2. The third-order valence-corrected chi connectivity index (χ3v) is 7.72. The first kappa shape index (κ1) is 32.7. The van der Waals surface area contributed by atoms with Gasteiger partial charge in [0.2, 0.25) is 12.0 Å². The minimum Gasteiger partial charge on any atom is -0.507 e. The molecule has 2 aliphatic rings. The van der Waals surface area contributed by atoms with E-state index in [4.69, 9.17) is 32.8 Å². The number of phenols is 2. The number of aliphatic hydroxyl groups is 6. The quantitative estimate of drug-likeness (QED) is 0.146. The Bertz CT molecular complexity index is 1550. The summed E-state index contributed by atoms with van der Waals surface area (Å²) in [6, 6.07) is 6.22. The van der Waals surface area contributed by atoms with E-state index in [9.17, 15) is 45.6 Å². The van der Waals surface area contributed by atoms with Crippen molar-refractivity contribution in [3.05, 3.63) is 40.6 Å². The molecule has 16 nitrogen and oxygen atoms in total. The molecule has 2 saturated heterocycles. The van der Waals surface area contributed by atoms with Crippen molar-refractivity contribution in [1.29, 1.82) is 0 Å². The van der Waals surface area contributed by atoms with Gasteiger partial charge in [-0.2, -0.15) is 0 Å². The fourth-order valence-electron chi connectivity index (χ4n) is 5.20. The molecule has 0 aliphatic carbocycles. The van der Waals surface area contributed by atoms with E-state index in [0.717, 1.165) is 12.1 Å². The van der Waals surface area contributed by atoms with E-state index in [1.54, 1.807) is 0 Å². The van der Waals surface area contributed by atoms with Gasteiger partial charge < -0.3 is 73.7 Å². The molecule has 0 amide bonds. The Balaban J connectivity index is 1.50. The van der Waals surface area contributed by atoms with Crippen molar-refractivity contribution in [2.75, 3.05) is 20.8 Å². The summed E-state index contributed by atoms with van der Waals surface area (Å²) in [5.41, 5.74) is -0.498. The smallest absolute Gasteiger partial charge is 0.229 e. The summed E-state index contributed by atoms with van der Waals surface area (Å²) in [5, 5.41) is 82.5. The SMILES string of the molecule is COc1cc(-c2cc(=O)c3c(O)cc(O[C@@H]4O[C@@H](CO)[C@@H](O)[C@H](O)[C@H]4O[C@@H]4O[C@@H](C)[C@H](O)[C@H](O)[C@H]4O)cc3o2)cc(OC)c1O. The second kappa shape index (κ2) is 13.0. The molecule has 3 heterocycles. The molecule has 0 radical (unpaired) electrons. The Kier molecular flexibility index (Phi) is 9.41. The lowest BCUT2D eigenvalue weighted by Gasteiger charge is -2.45. The van der Waals surface area contributed by atoms with Crippen molar-refractivity contribution in [2.45, 2.75) is 68.3 Å². The van der Waals surface area contributed by atoms with Gasteiger partial charge in [0.25, 0.3) is 0 Å².